The van der Waals surface area contributed by atoms with Gasteiger partial charge in [0.1, 0.15) is 0 Å². The molecular weight excluding hydrogens is 296 g/mol. The van der Waals surface area contributed by atoms with E-state index in [9.17, 15) is 9.90 Å². The number of ether oxygens (including phenoxy) is 2. The molecule has 0 unspecified atom stereocenters. The first kappa shape index (κ1) is 15.1. The van der Waals surface area contributed by atoms with E-state index in [-0.39, 0.29) is 11.5 Å². The molecule has 1 aromatic heterocycles. The van der Waals surface area contributed by atoms with Gasteiger partial charge in [-0.05, 0) is 36.6 Å². The molecule has 6 nitrogen and oxygen atoms in total. The van der Waals surface area contributed by atoms with Crippen LogP contribution in [0.2, 0.25) is 0 Å². The maximum atomic E-state index is 12.6. The number of phenolic OH excluding ortho intramolecular Hbond substituents is 1. The number of Topliss-reactive ketones (excluding diaryl/α,β-unsaturated/α-hetero) is 1. The molecule has 0 aliphatic heterocycles. The summed E-state index contributed by atoms with van der Waals surface area (Å²) in [5, 5.41) is 14.1. The zero-order valence-electron chi connectivity index (χ0n) is 13.3. The van der Waals surface area contributed by atoms with Crippen molar-refractivity contribution in [3.05, 3.63) is 40.7 Å². The van der Waals surface area contributed by atoms with Gasteiger partial charge in [-0.15, -0.1) is 0 Å². The highest BCUT2D eigenvalue weighted by Crippen LogP contribution is 2.38. The number of fused-ring (bicyclic) bond motifs is 1. The Bertz CT molecular complexity index is 780. The van der Waals surface area contributed by atoms with Gasteiger partial charge in [-0.2, -0.15) is 5.10 Å². The number of ketones is 1. The van der Waals surface area contributed by atoms with Gasteiger partial charge in [-0.1, -0.05) is 0 Å². The van der Waals surface area contributed by atoms with Crippen LogP contribution in [0.4, 0.5) is 0 Å². The number of aromatic nitrogens is 2. The summed E-state index contributed by atoms with van der Waals surface area (Å²) in [6.45, 7) is 0. The smallest absolute Gasteiger partial charge is 0.200 e. The zero-order chi connectivity index (χ0) is 16.6. The SMILES string of the molecule is COc1cc(/C=C2\CCc3c(cnn3C)C2=O)cc(OC)c1O. The Morgan fingerprint density at radius 1 is 1.22 bits per heavy atom. The number of carbonyl (C=O) groups is 1. The number of rotatable bonds is 3. The molecule has 3 rings (SSSR count). The van der Waals surface area contributed by atoms with E-state index in [2.05, 4.69) is 5.10 Å². The highest BCUT2D eigenvalue weighted by molar-refractivity contribution is 6.12. The molecule has 1 aromatic carbocycles. The van der Waals surface area contributed by atoms with Gasteiger partial charge in [0.25, 0.3) is 0 Å². The van der Waals surface area contributed by atoms with Gasteiger partial charge < -0.3 is 14.6 Å². The lowest BCUT2D eigenvalue weighted by Gasteiger charge is -2.15. The van der Waals surface area contributed by atoms with E-state index < -0.39 is 0 Å². The molecule has 120 valence electrons. The van der Waals surface area contributed by atoms with E-state index in [0.717, 1.165) is 17.7 Å². The van der Waals surface area contributed by atoms with Crippen molar-refractivity contribution in [1.29, 1.82) is 0 Å². The Morgan fingerprint density at radius 2 is 1.87 bits per heavy atom. The van der Waals surface area contributed by atoms with Crippen LogP contribution in [0.5, 0.6) is 17.2 Å². The van der Waals surface area contributed by atoms with E-state index in [1.807, 2.05) is 13.1 Å². The molecule has 2 aromatic rings. The lowest BCUT2D eigenvalue weighted by atomic mass is 9.90. The molecule has 0 bridgehead atoms. The van der Waals surface area contributed by atoms with E-state index in [1.54, 1.807) is 23.0 Å². The van der Waals surface area contributed by atoms with E-state index in [1.165, 1.54) is 14.2 Å². The van der Waals surface area contributed by atoms with Crippen LogP contribution in [0.1, 0.15) is 28.0 Å². The van der Waals surface area contributed by atoms with Crippen molar-refractivity contribution in [2.45, 2.75) is 12.8 Å². The van der Waals surface area contributed by atoms with Gasteiger partial charge in [0, 0.05) is 18.3 Å². The first-order valence-electron chi connectivity index (χ1n) is 7.26. The molecular formula is C17H18N2O4. The van der Waals surface area contributed by atoms with Crippen LogP contribution in [-0.2, 0) is 13.5 Å². The molecule has 0 saturated carbocycles. The third-order valence-corrected chi connectivity index (χ3v) is 4.07. The van der Waals surface area contributed by atoms with Crippen LogP contribution >= 0.6 is 0 Å². The van der Waals surface area contributed by atoms with Gasteiger partial charge in [0.2, 0.25) is 5.75 Å². The summed E-state index contributed by atoms with van der Waals surface area (Å²) in [5.41, 5.74) is 3.07. The standard InChI is InChI=1S/C17H18N2O4/c1-19-13-5-4-11(16(20)12(13)9-18-19)6-10-7-14(22-2)17(21)15(8-10)23-3/h6-9,21H,4-5H2,1-3H3/b11-6+. The molecule has 0 amide bonds. The van der Waals surface area contributed by atoms with E-state index in [0.29, 0.717) is 29.1 Å². The second-order valence-electron chi connectivity index (χ2n) is 5.40. The molecule has 0 fully saturated rings. The first-order chi connectivity index (χ1) is 11.0. The number of aryl methyl sites for hydroxylation is 1. The van der Waals surface area contributed by atoms with Gasteiger partial charge in [-0.25, -0.2) is 0 Å². The maximum absolute atomic E-state index is 12.6. The lowest BCUT2D eigenvalue weighted by Crippen LogP contribution is -2.15. The van der Waals surface area contributed by atoms with Crippen LogP contribution in [0.25, 0.3) is 6.08 Å². The van der Waals surface area contributed by atoms with Crippen molar-refractivity contribution in [3.63, 3.8) is 0 Å². The normalized spacial score (nSPS) is 15.6. The molecule has 0 atom stereocenters. The summed E-state index contributed by atoms with van der Waals surface area (Å²) >= 11 is 0. The average Bonchev–Trinajstić information content (AvgIpc) is 2.93. The quantitative estimate of drug-likeness (QED) is 0.880. The van der Waals surface area contributed by atoms with Crippen LogP contribution in [0.15, 0.2) is 23.9 Å². The van der Waals surface area contributed by atoms with Crippen LogP contribution in [0, 0.1) is 0 Å². The summed E-state index contributed by atoms with van der Waals surface area (Å²) in [4.78, 5) is 12.6. The first-order valence-corrected chi connectivity index (χ1v) is 7.26. The second-order valence-corrected chi connectivity index (χ2v) is 5.40. The number of nitrogens with zero attached hydrogens (tertiary/aromatic N) is 2. The fourth-order valence-corrected chi connectivity index (χ4v) is 2.82. The fraction of sp³-hybridized carbons (Fsp3) is 0.294. The molecule has 23 heavy (non-hydrogen) atoms. The fourth-order valence-electron chi connectivity index (χ4n) is 2.82. The molecule has 1 aliphatic carbocycles. The number of hydrogen-bond acceptors (Lipinski definition) is 5. The molecule has 6 heteroatoms. The Balaban J connectivity index is 2.01. The van der Waals surface area contributed by atoms with E-state index in [4.69, 9.17) is 9.47 Å². The summed E-state index contributed by atoms with van der Waals surface area (Å²) in [5.74, 6) is 0.551. The van der Waals surface area contributed by atoms with Crippen molar-refractivity contribution in [3.8, 4) is 17.2 Å². The van der Waals surface area contributed by atoms with Gasteiger partial charge in [-0.3, -0.25) is 9.48 Å². The predicted octanol–water partition coefficient (Wildman–Crippen LogP) is 2.36. The highest BCUT2D eigenvalue weighted by Gasteiger charge is 2.25. The second kappa shape index (κ2) is 5.79. The Kier molecular flexibility index (Phi) is 3.82. The Labute approximate surface area is 134 Å². The largest absolute Gasteiger partial charge is 0.502 e. The van der Waals surface area contributed by atoms with Crippen LogP contribution in [0.3, 0.4) is 0 Å². The summed E-state index contributed by atoms with van der Waals surface area (Å²) in [6.07, 6.45) is 4.85. The third kappa shape index (κ3) is 2.56. The number of benzene rings is 1. The van der Waals surface area contributed by atoms with Crippen LogP contribution < -0.4 is 9.47 Å². The van der Waals surface area contributed by atoms with Gasteiger partial charge >= 0.3 is 0 Å². The van der Waals surface area contributed by atoms with Gasteiger partial charge in [0.15, 0.2) is 17.3 Å². The molecule has 1 N–H and O–H groups in total. The van der Waals surface area contributed by atoms with Crippen molar-refractivity contribution in [1.82, 2.24) is 9.78 Å². The summed E-state index contributed by atoms with van der Waals surface area (Å²) in [7, 11) is 4.79. The maximum Gasteiger partial charge on any atom is 0.200 e. The monoisotopic (exact) mass is 314 g/mol. The molecule has 1 heterocycles. The average molecular weight is 314 g/mol. The topological polar surface area (TPSA) is 73.6 Å². The molecule has 0 saturated heterocycles. The van der Waals surface area contributed by atoms with Gasteiger partial charge in [0.05, 0.1) is 26.0 Å². The highest BCUT2D eigenvalue weighted by atomic mass is 16.5. The number of phenols is 1. The summed E-state index contributed by atoms with van der Waals surface area (Å²) < 4.78 is 12.0. The van der Waals surface area contributed by atoms with Crippen molar-refractivity contribution >= 4 is 11.9 Å². The minimum Gasteiger partial charge on any atom is -0.502 e. The molecule has 1 aliphatic rings. The van der Waals surface area contributed by atoms with Crippen molar-refractivity contribution < 1.29 is 19.4 Å². The summed E-state index contributed by atoms with van der Waals surface area (Å²) in [6, 6.07) is 3.35. The predicted molar refractivity (Wildman–Crippen MR) is 85.0 cm³/mol. The molecule has 0 spiro atoms. The minimum absolute atomic E-state index is 0.00893. The van der Waals surface area contributed by atoms with Crippen LogP contribution in [-0.4, -0.2) is 34.9 Å². The minimum atomic E-state index is -0.0540. The third-order valence-electron chi connectivity index (χ3n) is 4.07. The number of aromatic hydroxyl groups is 1. The zero-order valence-corrected chi connectivity index (χ0v) is 13.3. The Morgan fingerprint density at radius 3 is 2.48 bits per heavy atom. The number of methoxy groups -OCH3 is 2. The van der Waals surface area contributed by atoms with Crippen molar-refractivity contribution in [2.75, 3.05) is 14.2 Å². The molecule has 0 radical (unpaired) electrons. The number of hydrogen-bond donors (Lipinski definition) is 1. The van der Waals surface area contributed by atoms with Crippen molar-refractivity contribution in [2.24, 2.45) is 7.05 Å². The lowest BCUT2D eigenvalue weighted by molar-refractivity contribution is 0.102. The van der Waals surface area contributed by atoms with E-state index >= 15 is 0 Å². The number of carbonyl (C=O) groups excluding carboxylic acids is 1. The number of allylic oxidation sites excluding steroid dienone is 1. The Hall–Kier alpha value is -2.76.